The number of rotatable bonds is 7. The summed E-state index contributed by atoms with van der Waals surface area (Å²) in [5.41, 5.74) is 2.53. The third kappa shape index (κ3) is 5.61. The van der Waals surface area contributed by atoms with Crippen LogP contribution in [-0.2, 0) is 11.3 Å². The zero-order chi connectivity index (χ0) is 19.9. The summed E-state index contributed by atoms with van der Waals surface area (Å²) < 4.78 is 12.1. The van der Waals surface area contributed by atoms with E-state index in [1.54, 1.807) is 0 Å². The summed E-state index contributed by atoms with van der Waals surface area (Å²) >= 11 is 7.66. The van der Waals surface area contributed by atoms with E-state index in [2.05, 4.69) is 5.32 Å². The summed E-state index contributed by atoms with van der Waals surface area (Å²) in [7, 11) is 0. The summed E-state index contributed by atoms with van der Waals surface area (Å²) in [5, 5.41) is 2.70. The standard InChI is InChI=1S/C21H27ClN2O3S/c1-3-11-23-21(25)26-13-15-12-19(22)28-20(15)17-9-10-18(14(2)24-17)27-16-7-5-4-6-8-16/h9-10,12,16H,3-8,11,13H2,1-2H3,(H,23,25). The van der Waals surface area contributed by atoms with E-state index in [-0.39, 0.29) is 6.61 Å². The van der Waals surface area contributed by atoms with Crippen LogP contribution in [0, 0.1) is 6.92 Å². The molecule has 0 saturated heterocycles. The molecule has 2 aromatic heterocycles. The van der Waals surface area contributed by atoms with E-state index in [9.17, 15) is 4.79 Å². The van der Waals surface area contributed by atoms with Crippen molar-refractivity contribution in [3.63, 3.8) is 0 Å². The van der Waals surface area contributed by atoms with Crippen LogP contribution in [0.3, 0.4) is 0 Å². The minimum absolute atomic E-state index is 0.162. The number of amides is 1. The number of nitrogens with one attached hydrogen (secondary N) is 1. The molecule has 0 aromatic carbocycles. The number of carbonyl (C=O) groups is 1. The van der Waals surface area contributed by atoms with Crippen molar-refractivity contribution in [1.29, 1.82) is 0 Å². The molecule has 0 atom stereocenters. The Morgan fingerprint density at radius 2 is 2.11 bits per heavy atom. The third-order valence-electron chi connectivity index (χ3n) is 4.77. The molecule has 3 rings (SSSR count). The molecule has 1 N–H and O–H groups in total. The molecule has 28 heavy (non-hydrogen) atoms. The Balaban J connectivity index is 1.70. The quantitative estimate of drug-likeness (QED) is 0.583. The summed E-state index contributed by atoms with van der Waals surface area (Å²) in [4.78, 5) is 17.4. The van der Waals surface area contributed by atoms with Crippen molar-refractivity contribution in [3.05, 3.63) is 33.8 Å². The number of aryl methyl sites for hydroxylation is 1. The van der Waals surface area contributed by atoms with Crippen molar-refractivity contribution >= 4 is 29.0 Å². The number of hydrogen-bond acceptors (Lipinski definition) is 5. The number of aromatic nitrogens is 1. The van der Waals surface area contributed by atoms with Gasteiger partial charge in [0, 0.05) is 12.1 Å². The van der Waals surface area contributed by atoms with Gasteiger partial charge >= 0.3 is 6.09 Å². The molecule has 7 heteroatoms. The summed E-state index contributed by atoms with van der Waals surface area (Å²) in [6.45, 7) is 4.71. The first-order chi connectivity index (χ1) is 13.6. The van der Waals surface area contributed by atoms with Crippen molar-refractivity contribution in [3.8, 4) is 16.3 Å². The minimum Gasteiger partial charge on any atom is -0.489 e. The van der Waals surface area contributed by atoms with E-state index < -0.39 is 6.09 Å². The second-order valence-electron chi connectivity index (χ2n) is 7.07. The smallest absolute Gasteiger partial charge is 0.407 e. The van der Waals surface area contributed by atoms with Gasteiger partial charge in [0.05, 0.1) is 26.7 Å². The number of thiophene rings is 1. The van der Waals surface area contributed by atoms with Crippen molar-refractivity contribution in [1.82, 2.24) is 10.3 Å². The maximum absolute atomic E-state index is 11.7. The van der Waals surface area contributed by atoms with Crippen molar-refractivity contribution in [2.45, 2.75) is 65.1 Å². The van der Waals surface area contributed by atoms with Crippen LogP contribution in [0.5, 0.6) is 5.75 Å². The first kappa shape index (κ1) is 20.9. The molecule has 0 aliphatic heterocycles. The highest BCUT2D eigenvalue weighted by atomic mass is 35.5. The maximum atomic E-state index is 11.7. The van der Waals surface area contributed by atoms with Crippen molar-refractivity contribution in [2.24, 2.45) is 0 Å². The Labute approximate surface area is 175 Å². The van der Waals surface area contributed by atoms with Gasteiger partial charge in [-0.15, -0.1) is 11.3 Å². The highest BCUT2D eigenvalue weighted by molar-refractivity contribution is 7.19. The van der Waals surface area contributed by atoms with Gasteiger partial charge in [-0.05, 0) is 57.2 Å². The predicted molar refractivity (Wildman–Crippen MR) is 113 cm³/mol. The first-order valence-electron chi connectivity index (χ1n) is 9.90. The third-order valence-corrected chi connectivity index (χ3v) is 6.10. The van der Waals surface area contributed by atoms with Gasteiger partial charge in [0.1, 0.15) is 12.4 Å². The normalized spacial score (nSPS) is 14.7. The Hall–Kier alpha value is -1.79. The molecular weight excluding hydrogens is 396 g/mol. The summed E-state index contributed by atoms with van der Waals surface area (Å²) in [5.74, 6) is 0.843. The molecule has 0 spiro atoms. The van der Waals surface area contributed by atoms with Crippen LogP contribution in [0.25, 0.3) is 10.6 Å². The number of halogens is 1. The number of hydrogen-bond donors (Lipinski definition) is 1. The zero-order valence-corrected chi connectivity index (χ0v) is 18.0. The summed E-state index contributed by atoms with van der Waals surface area (Å²) in [6, 6.07) is 5.77. The van der Waals surface area contributed by atoms with Gasteiger partial charge in [-0.2, -0.15) is 0 Å². The topological polar surface area (TPSA) is 60.5 Å². The lowest BCUT2D eigenvalue weighted by atomic mass is 9.98. The second-order valence-corrected chi connectivity index (χ2v) is 8.75. The highest BCUT2D eigenvalue weighted by Crippen LogP contribution is 2.36. The number of nitrogens with zero attached hydrogens (tertiary/aromatic N) is 1. The minimum atomic E-state index is -0.421. The highest BCUT2D eigenvalue weighted by Gasteiger charge is 2.18. The molecule has 152 valence electrons. The molecule has 1 amide bonds. The molecule has 1 aliphatic rings. The SMILES string of the molecule is CCCNC(=O)OCc1cc(Cl)sc1-c1ccc(OC2CCCCC2)c(C)n1. The predicted octanol–water partition coefficient (Wildman–Crippen LogP) is 6.12. The van der Waals surface area contributed by atoms with Gasteiger partial charge in [-0.3, -0.25) is 0 Å². The van der Waals surface area contributed by atoms with Gasteiger partial charge in [0.15, 0.2) is 0 Å². The number of carbonyl (C=O) groups excluding carboxylic acids is 1. The van der Waals surface area contributed by atoms with E-state index in [1.807, 2.05) is 32.0 Å². The average molecular weight is 423 g/mol. The van der Waals surface area contributed by atoms with Gasteiger partial charge in [-0.1, -0.05) is 24.9 Å². The van der Waals surface area contributed by atoms with Crippen LogP contribution >= 0.6 is 22.9 Å². The van der Waals surface area contributed by atoms with Crippen LogP contribution in [0.2, 0.25) is 4.34 Å². The number of ether oxygens (including phenoxy) is 2. The lowest BCUT2D eigenvalue weighted by Crippen LogP contribution is -2.24. The van der Waals surface area contributed by atoms with Crippen LogP contribution in [0.1, 0.15) is 56.7 Å². The molecule has 1 saturated carbocycles. The lowest BCUT2D eigenvalue weighted by molar-refractivity contribution is 0.140. The fraction of sp³-hybridized carbons (Fsp3) is 0.524. The van der Waals surface area contributed by atoms with E-state index in [1.165, 1.54) is 30.6 Å². The zero-order valence-electron chi connectivity index (χ0n) is 16.4. The van der Waals surface area contributed by atoms with Crippen LogP contribution in [0.15, 0.2) is 18.2 Å². The molecule has 1 aliphatic carbocycles. The van der Waals surface area contributed by atoms with E-state index in [0.29, 0.717) is 17.0 Å². The van der Waals surface area contributed by atoms with Crippen LogP contribution < -0.4 is 10.1 Å². The van der Waals surface area contributed by atoms with E-state index in [4.69, 9.17) is 26.1 Å². The van der Waals surface area contributed by atoms with Crippen molar-refractivity contribution in [2.75, 3.05) is 6.54 Å². The molecule has 0 radical (unpaired) electrons. The van der Waals surface area contributed by atoms with E-state index >= 15 is 0 Å². The molecule has 2 heterocycles. The second kappa shape index (κ2) is 10.1. The van der Waals surface area contributed by atoms with Crippen LogP contribution in [0.4, 0.5) is 4.79 Å². The van der Waals surface area contributed by atoms with Gasteiger partial charge in [0.2, 0.25) is 0 Å². The summed E-state index contributed by atoms with van der Waals surface area (Å²) in [6.07, 6.45) is 6.74. The molecular formula is C21H27ClN2O3S. The Morgan fingerprint density at radius 1 is 1.32 bits per heavy atom. The molecule has 5 nitrogen and oxygen atoms in total. The molecule has 2 aromatic rings. The van der Waals surface area contributed by atoms with Crippen LogP contribution in [-0.4, -0.2) is 23.7 Å². The monoisotopic (exact) mass is 422 g/mol. The van der Waals surface area contributed by atoms with Gasteiger partial charge < -0.3 is 14.8 Å². The largest absolute Gasteiger partial charge is 0.489 e. The Kier molecular flexibility index (Phi) is 7.57. The van der Waals surface area contributed by atoms with Gasteiger partial charge in [-0.25, -0.2) is 9.78 Å². The van der Waals surface area contributed by atoms with E-state index in [0.717, 1.165) is 46.8 Å². The van der Waals surface area contributed by atoms with Crippen molar-refractivity contribution < 1.29 is 14.3 Å². The first-order valence-corrected chi connectivity index (χ1v) is 11.1. The fourth-order valence-corrected chi connectivity index (χ4v) is 4.53. The molecule has 0 unspecified atom stereocenters. The Bertz CT molecular complexity index is 803. The Morgan fingerprint density at radius 3 is 2.82 bits per heavy atom. The number of alkyl carbamates (subject to hydrolysis) is 1. The average Bonchev–Trinajstić information content (AvgIpc) is 3.07. The fourth-order valence-electron chi connectivity index (χ4n) is 3.30. The molecule has 0 bridgehead atoms. The maximum Gasteiger partial charge on any atom is 0.407 e. The molecule has 1 fully saturated rings. The lowest BCUT2D eigenvalue weighted by Gasteiger charge is -2.23. The number of pyridine rings is 1. The van der Waals surface area contributed by atoms with Gasteiger partial charge in [0.25, 0.3) is 0 Å².